The highest BCUT2D eigenvalue weighted by Crippen LogP contribution is 2.21. The third-order valence-corrected chi connectivity index (χ3v) is 4.01. The maximum atomic E-state index is 12.2. The summed E-state index contributed by atoms with van der Waals surface area (Å²) in [7, 11) is 1.72. The van der Waals surface area contributed by atoms with Gasteiger partial charge >= 0.3 is 0 Å². The van der Waals surface area contributed by atoms with E-state index in [1.54, 1.807) is 24.0 Å². The summed E-state index contributed by atoms with van der Waals surface area (Å²) >= 11 is 3.43. The van der Waals surface area contributed by atoms with Crippen molar-refractivity contribution in [3.05, 3.63) is 64.0 Å². The van der Waals surface area contributed by atoms with Crippen LogP contribution >= 0.6 is 15.9 Å². The fraction of sp³-hybridized carbons (Fsp3) is 0.188. The predicted octanol–water partition coefficient (Wildman–Crippen LogP) is 2.99. The first kappa shape index (κ1) is 15.5. The lowest BCUT2D eigenvalue weighted by molar-refractivity contribution is 0.101. The summed E-state index contributed by atoms with van der Waals surface area (Å²) in [6, 6.07) is 9.91. The smallest absolute Gasteiger partial charge is 0.275 e. The molecule has 7 heteroatoms. The number of amides is 1. The lowest BCUT2D eigenvalue weighted by Crippen LogP contribution is -2.17. The standard InChI is InChI=1S/C16H16BrN5O/c1-11-4-3-5-12(8-11)9-22-10-13(17)15(20-22)19-16(23)14-6-7-18-21(14)2/h3-8,10H,9H2,1-2H3,(H,19,20,23). The van der Waals surface area contributed by atoms with Crippen LogP contribution in [0.25, 0.3) is 0 Å². The van der Waals surface area contributed by atoms with Gasteiger partial charge in [0.1, 0.15) is 5.69 Å². The van der Waals surface area contributed by atoms with E-state index in [0.717, 1.165) is 10.0 Å². The van der Waals surface area contributed by atoms with Crippen molar-refractivity contribution in [2.75, 3.05) is 5.32 Å². The van der Waals surface area contributed by atoms with Crippen molar-refractivity contribution in [1.29, 1.82) is 0 Å². The Balaban J connectivity index is 1.76. The third kappa shape index (κ3) is 3.50. The third-order valence-electron chi connectivity index (χ3n) is 3.43. The summed E-state index contributed by atoms with van der Waals surface area (Å²) in [6.07, 6.45) is 3.43. The van der Waals surface area contributed by atoms with Crippen LogP contribution in [0.2, 0.25) is 0 Å². The Labute approximate surface area is 142 Å². The molecule has 0 saturated carbocycles. The van der Waals surface area contributed by atoms with Gasteiger partial charge in [0.05, 0.1) is 11.0 Å². The number of halogens is 1. The number of benzene rings is 1. The normalized spacial score (nSPS) is 10.7. The van der Waals surface area contributed by atoms with Crippen LogP contribution in [0.1, 0.15) is 21.6 Å². The second-order valence-corrected chi connectivity index (χ2v) is 6.16. The number of carbonyl (C=O) groups is 1. The van der Waals surface area contributed by atoms with Gasteiger partial charge in [-0.1, -0.05) is 29.8 Å². The van der Waals surface area contributed by atoms with Crippen LogP contribution in [0.15, 0.2) is 47.2 Å². The molecule has 0 bridgehead atoms. The van der Waals surface area contributed by atoms with Crippen LogP contribution in [0.5, 0.6) is 0 Å². The second-order valence-electron chi connectivity index (χ2n) is 5.31. The Bertz CT molecular complexity index is 852. The number of carbonyl (C=O) groups excluding carboxylic acids is 1. The van der Waals surface area contributed by atoms with Crippen molar-refractivity contribution in [2.45, 2.75) is 13.5 Å². The van der Waals surface area contributed by atoms with Gasteiger partial charge in [0.2, 0.25) is 0 Å². The maximum absolute atomic E-state index is 12.2. The monoisotopic (exact) mass is 373 g/mol. The fourth-order valence-electron chi connectivity index (χ4n) is 2.33. The van der Waals surface area contributed by atoms with Gasteiger partial charge in [-0.05, 0) is 34.5 Å². The first-order valence-corrected chi connectivity index (χ1v) is 7.90. The largest absolute Gasteiger partial charge is 0.303 e. The molecule has 3 rings (SSSR count). The molecule has 0 aliphatic rings. The molecule has 0 unspecified atom stereocenters. The van der Waals surface area contributed by atoms with Crippen LogP contribution in [-0.2, 0) is 13.6 Å². The molecule has 0 fully saturated rings. The molecule has 2 heterocycles. The summed E-state index contributed by atoms with van der Waals surface area (Å²) in [6.45, 7) is 2.70. The molecule has 0 atom stereocenters. The number of aryl methyl sites for hydroxylation is 2. The van der Waals surface area contributed by atoms with Gasteiger partial charge in [-0.2, -0.15) is 10.2 Å². The molecule has 0 spiro atoms. The van der Waals surface area contributed by atoms with E-state index in [1.807, 2.05) is 12.3 Å². The number of nitrogens with zero attached hydrogens (tertiary/aromatic N) is 4. The fourth-order valence-corrected chi connectivity index (χ4v) is 2.74. The Hall–Kier alpha value is -2.41. The molecule has 1 amide bonds. The van der Waals surface area contributed by atoms with Gasteiger partial charge in [-0.25, -0.2) is 0 Å². The molecule has 1 N–H and O–H groups in total. The number of nitrogens with one attached hydrogen (secondary N) is 1. The minimum Gasteiger partial charge on any atom is -0.303 e. The van der Waals surface area contributed by atoms with Crippen molar-refractivity contribution < 1.29 is 4.79 Å². The number of anilines is 1. The SMILES string of the molecule is Cc1cccc(Cn2cc(Br)c(NC(=O)c3ccnn3C)n2)c1. The molecule has 0 radical (unpaired) electrons. The lowest BCUT2D eigenvalue weighted by Gasteiger charge is -2.04. The second kappa shape index (κ2) is 6.37. The molecular formula is C16H16BrN5O. The maximum Gasteiger partial charge on any atom is 0.275 e. The van der Waals surface area contributed by atoms with E-state index in [9.17, 15) is 4.79 Å². The first-order chi connectivity index (χ1) is 11.0. The highest BCUT2D eigenvalue weighted by Gasteiger charge is 2.14. The van der Waals surface area contributed by atoms with Crippen molar-refractivity contribution in [1.82, 2.24) is 19.6 Å². The zero-order valence-electron chi connectivity index (χ0n) is 12.8. The Morgan fingerprint density at radius 2 is 2.17 bits per heavy atom. The first-order valence-electron chi connectivity index (χ1n) is 7.11. The van der Waals surface area contributed by atoms with Gasteiger partial charge in [-0.3, -0.25) is 14.2 Å². The van der Waals surface area contributed by atoms with Crippen LogP contribution in [0, 0.1) is 6.92 Å². The molecule has 1 aromatic carbocycles. The average molecular weight is 374 g/mol. The molecule has 3 aromatic rings. The summed E-state index contributed by atoms with van der Waals surface area (Å²) in [5.74, 6) is 0.246. The van der Waals surface area contributed by atoms with Crippen LogP contribution in [0.4, 0.5) is 5.82 Å². The Morgan fingerprint density at radius 1 is 1.35 bits per heavy atom. The van der Waals surface area contributed by atoms with E-state index in [1.165, 1.54) is 10.2 Å². The van der Waals surface area contributed by atoms with Crippen molar-refractivity contribution >= 4 is 27.7 Å². The van der Waals surface area contributed by atoms with E-state index >= 15 is 0 Å². The van der Waals surface area contributed by atoms with Gasteiger partial charge in [-0.15, -0.1) is 0 Å². The zero-order valence-corrected chi connectivity index (χ0v) is 14.4. The summed E-state index contributed by atoms with van der Waals surface area (Å²) in [4.78, 5) is 12.2. The Morgan fingerprint density at radius 3 is 2.87 bits per heavy atom. The molecule has 0 aliphatic carbocycles. The highest BCUT2D eigenvalue weighted by molar-refractivity contribution is 9.10. The number of aromatic nitrogens is 4. The molecule has 0 aliphatic heterocycles. The topological polar surface area (TPSA) is 64.7 Å². The van der Waals surface area contributed by atoms with E-state index in [0.29, 0.717) is 18.1 Å². The van der Waals surface area contributed by atoms with Gasteiger partial charge in [0.15, 0.2) is 5.82 Å². The minimum atomic E-state index is -0.244. The summed E-state index contributed by atoms with van der Waals surface area (Å²) in [5.41, 5.74) is 2.84. The molecule has 118 valence electrons. The van der Waals surface area contributed by atoms with Crippen LogP contribution in [0.3, 0.4) is 0 Å². The minimum absolute atomic E-state index is 0.244. The van der Waals surface area contributed by atoms with Crippen LogP contribution < -0.4 is 5.32 Å². The summed E-state index contributed by atoms with van der Waals surface area (Å²) in [5, 5.41) is 11.2. The predicted molar refractivity (Wildman–Crippen MR) is 91.4 cm³/mol. The van der Waals surface area contributed by atoms with Gasteiger partial charge < -0.3 is 5.32 Å². The highest BCUT2D eigenvalue weighted by atomic mass is 79.9. The van der Waals surface area contributed by atoms with Crippen molar-refractivity contribution in [2.24, 2.45) is 7.05 Å². The van der Waals surface area contributed by atoms with Crippen molar-refractivity contribution in [3.63, 3.8) is 0 Å². The molecular weight excluding hydrogens is 358 g/mol. The van der Waals surface area contributed by atoms with Crippen molar-refractivity contribution in [3.8, 4) is 0 Å². The zero-order chi connectivity index (χ0) is 16.4. The number of rotatable bonds is 4. The average Bonchev–Trinajstić information content (AvgIpc) is 3.05. The van der Waals surface area contributed by atoms with E-state index in [4.69, 9.17) is 0 Å². The van der Waals surface area contributed by atoms with E-state index in [-0.39, 0.29) is 5.91 Å². The quantitative estimate of drug-likeness (QED) is 0.764. The number of hydrogen-bond acceptors (Lipinski definition) is 3. The van der Waals surface area contributed by atoms with Crippen LogP contribution in [-0.4, -0.2) is 25.5 Å². The summed E-state index contributed by atoms with van der Waals surface area (Å²) < 4.78 is 4.05. The van der Waals surface area contributed by atoms with Gasteiger partial charge in [0.25, 0.3) is 5.91 Å². The Kier molecular flexibility index (Phi) is 4.29. The molecule has 0 saturated heterocycles. The lowest BCUT2D eigenvalue weighted by atomic mass is 10.1. The molecule has 2 aromatic heterocycles. The number of hydrogen-bond donors (Lipinski definition) is 1. The molecule has 23 heavy (non-hydrogen) atoms. The van der Waals surface area contributed by atoms with Gasteiger partial charge in [0, 0.05) is 19.4 Å². The molecule has 6 nitrogen and oxygen atoms in total. The van der Waals surface area contributed by atoms with E-state index in [2.05, 4.69) is 56.6 Å². The van der Waals surface area contributed by atoms with E-state index < -0.39 is 0 Å².